The number of benzene rings is 2. The first-order valence-corrected chi connectivity index (χ1v) is 12.3. The quantitative estimate of drug-likeness (QED) is 0.333. The molecule has 0 bridgehead atoms. The highest BCUT2D eigenvalue weighted by Crippen LogP contribution is 2.21. The van der Waals surface area contributed by atoms with E-state index in [1.165, 1.54) is 0 Å². The van der Waals surface area contributed by atoms with Crippen LogP contribution in [0.3, 0.4) is 0 Å². The predicted octanol–water partition coefficient (Wildman–Crippen LogP) is 3.74. The second kappa shape index (κ2) is 11.0. The van der Waals surface area contributed by atoms with E-state index in [0.29, 0.717) is 29.4 Å². The number of aromatic nitrogens is 3. The second-order valence-corrected chi connectivity index (χ2v) is 9.05. The molecular weight excluding hydrogens is 464 g/mol. The Labute approximate surface area is 216 Å². The lowest BCUT2D eigenvalue weighted by Crippen LogP contribution is -2.44. The van der Waals surface area contributed by atoms with Crippen molar-refractivity contribution in [2.45, 2.75) is 6.54 Å². The highest BCUT2D eigenvalue weighted by atomic mass is 16.1. The Hall–Kier alpha value is -4.50. The highest BCUT2D eigenvalue weighted by molar-refractivity contribution is 6.05. The number of hydrogen-bond acceptors (Lipinski definition) is 8. The lowest BCUT2D eigenvalue weighted by molar-refractivity contribution is 0.102. The van der Waals surface area contributed by atoms with Crippen molar-refractivity contribution < 1.29 is 4.79 Å². The van der Waals surface area contributed by atoms with E-state index in [-0.39, 0.29) is 5.91 Å². The van der Waals surface area contributed by atoms with Crippen molar-refractivity contribution in [2.75, 3.05) is 54.5 Å². The number of para-hydroxylation sites is 2. The monoisotopic (exact) mass is 494 g/mol. The molecule has 9 nitrogen and oxygen atoms in total. The summed E-state index contributed by atoms with van der Waals surface area (Å²) < 4.78 is 0. The molecule has 3 heterocycles. The maximum Gasteiger partial charge on any atom is 0.255 e. The summed E-state index contributed by atoms with van der Waals surface area (Å²) in [6.45, 7) is 4.58. The van der Waals surface area contributed by atoms with Crippen molar-refractivity contribution in [2.24, 2.45) is 0 Å². The van der Waals surface area contributed by atoms with Gasteiger partial charge in [-0.05, 0) is 55.1 Å². The molecule has 1 aliphatic rings. The third-order valence-corrected chi connectivity index (χ3v) is 6.40. The van der Waals surface area contributed by atoms with Gasteiger partial charge in [-0.1, -0.05) is 24.3 Å². The molecule has 5 rings (SSSR count). The van der Waals surface area contributed by atoms with Crippen LogP contribution in [0.4, 0.5) is 23.1 Å². The number of carbonyl (C=O) groups excluding carboxylic acids is 1. The van der Waals surface area contributed by atoms with Gasteiger partial charge in [0.05, 0.1) is 17.1 Å². The molecule has 1 fully saturated rings. The van der Waals surface area contributed by atoms with E-state index in [1.54, 1.807) is 30.5 Å². The van der Waals surface area contributed by atoms with E-state index in [9.17, 15) is 4.79 Å². The summed E-state index contributed by atoms with van der Waals surface area (Å²) in [5.74, 6) is 1.32. The summed E-state index contributed by atoms with van der Waals surface area (Å²) in [5.41, 5.74) is 10.3. The van der Waals surface area contributed by atoms with Gasteiger partial charge in [0.1, 0.15) is 5.82 Å². The van der Waals surface area contributed by atoms with Crippen LogP contribution in [0.5, 0.6) is 0 Å². The molecule has 0 saturated carbocycles. The summed E-state index contributed by atoms with van der Waals surface area (Å²) in [6.07, 6.45) is 3.61. The van der Waals surface area contributed by atoms with Crippen molar-refractivity contribution in [3.8, 4) is 11.3 Å². The van der Waals surface area contributed by atoms with Crippen LogP contribution >= 0.6 is 0 Å². The molecule has 188 valence electrons. The molecule has 2 aromatic carbocycles. The molecule has 1 amide bonds. The lowest BCUT2D eigenvalue weighted by Gasteiger charge is -2.33. The molecule has 4 N–H and O–H groups in total. The van der Waals surface area contributed by atoms with Crippen LogP contribution in [0.2, 0.25) is 0 Å². The molecule has 0 spiro atoms. The maximum absolute atomic E-state index is 12.5. The smallest absolute Gasteiger partial charge is 0.255 e. The molecule has 37 heavy (non-hydrogen) atoms. The van der Waals surface area contributed by atoms with Crippen LogP contribution in [0.1, 0.15) is 15.9 Å². The summed E-state index contributed by atoms with van der Waals surface area (Å²) in [7, 11) is 2.14. The van der Waals surface area contributed by atoms with Crippen LogP contribution in [-0.2, 0) is 6.54 Å². The normalized spacial score (nSPS) is 13.8. The lowest BCUT2D eigenvalue weighted by atomic mass is 10.1. The number of hydrogen-bond donors (Lipinski definition) is 3. The summed E-state index contributed by atoms with van der Waals surface area (Å²) in [5, 5.41) is 6.10. The number of nitrogens with one attached hydrogen (secondary N) is 2. The van der Waals surface area contributed by atoms with E-state index in [2.05, 4.69) is 54.6 Å². The molecular formula is C28H30N8O. The van der Waals surface area contributed by atoms with Crippen molar-refractivity contribution in [3.05, 3.63) is 90.3 Å². The summed E-state index contributed by atoms with van der Waals surface area (Å²) in [6, 6.07) is 20.6. The topological polar surface area (TPSA) is 112 Å². The first kappa shape index (κ1) is 24.2. The van der Waals surface area contributed by atoms with Gasteiger partial charge in [0.15, 0.2) is 0 Å². The minimum absolute atomic E-state index is 0.208. The van der Waals surface area contributed by atoms with Crippen LogP contribution in [0.15, 0.2) is 79.1 Å². The van der Waals surface area contributed by atoms with E-state index < -0.39 is 0 Å². The van der Waals surface area contributed by atoms with Gasteiger partial charge in [0.25, 0.3) is 5.91 Å². The van der Waals surface area contributed by atoms with Gasteiger partial charge >= 0.3 is 0 Å². The Morgan fingerprint density at radius 2 is 1.73 bits per heavy atom. The molecule has 9 heteroatoms. The number of nitrogen functional groups attached to an aromatic ring is 1. The van der Waals surface area contributed by atoms with E-state index >= 15 is 0 Å². The summed E-state index contributed by atoms with van der Waals surface area (Å²) >= 11 is 0. The van der Waals surface area contributed by atoms with E-state index in [0.717, 1.165) is 48.8 Å². The number of likely N-dealkylation sites (N-methyl/N-ethyl adjacent to an activating group) is 1. The molecule has 0 unspecified atom stereocenters. The Kier molecular flexibility index (Phi) is 7.23. The Morgan fingerprint density at radius 1 is 0.946 bits per heavy atom. The minimum atomic E-state index is -0.208. The van der Waals surface area contributed by atoms with Gasteiger partial charge in [0, 0.05) is 56.2 Å². The number of anilines is 4. The van der Waals surface area contributed by atoms with Crippen LogP contribution in [0.25, 0.3) is 11.3 Å². The number of pyridine rings is 1. The zero-order chi connectivity index (χ0) is 25.6. The van der Waals surface area contributed by atoms with E-state index in [1.807, 2.05) is 36.5 Å². The Bertz CT molecular complexity index is 1350. The molecule has 0 atom stereocenters. The zero-order valence-electron chi connectivity index (χ0n) is 20.8. The molecule has 0 radical (unpaired) electrons. The fourth-order valence-corrected chi connectivity index (χ4v) is 4.13. The third kappa shape index (κ3) is 6.02. The zero-order valence-corrected chi connectivity index (χ0v) is 20.8. The molecule has 0 aliphatic carbocycles. The molecule has 2 aromatic heterocycles. The van der Waals surface area contributed by atoms with Gasteiger partial charge in [-0.25, -0.2) is 15.0 Å². The number of piperazine rings is 1. The number of amides is 1. The largest absolute Gasteiger partial charge is 0.397 e. The fraction of sp³-hybridized carbons (Fsp3) is 0.214. The van der Waals surface area contributed by atoms with Crippen LogP contribution in [-0.4, -0.2) is 59.0 Å². The third-order valence-electron chi connectivity index (χ3n) is 6.40. The highest BCUT2D eigenvalue weighted by Gasteiger charge is 2.15. The van der Waals surface area contributed by atoms with Crippen molar-refractivity contribution in [3.63, 3.8) is 0 Å². The van der Waals surface area contributed by atoms with Crippen molar-refractivity contribution >= 4 is 29.0 Å². The van der Waals surface area contributed by atoms with Crippen LogP contribution in [0, 0.1) is 0 Å². The summed E-state index contributed by atoms with van der Waals surface area (Å²) in [4.78, 5) is 30.8. The van der Waals surface area contributed by atoms with Crippen molar-refractivity contribution in [1.82, 2.24) is 19.9 Å². The standard InChI is InChI=1S/C28H30N8O/c1-35-14-16-36(17-15-35)26-11-10-22(19-31-26)24-12-13-30-28(34-24)32-18-20-6-8-21(9-7-20)27(37)33-25-5-3-2-4-23(25)29/h2-13,19H,14-18,29H2,1H3,(H,33,37)(H,30,32,34). The van der Waals surface area contributed by atoms with Gasteiger partial charge < -0.3 is 26.2 Å². The SMILES string of the molecule is CN1CCN(c2ccc(-c3ccnc(NCc4ccc(C(=O)Nc5ccccc5N)cc4)n3)cn2)CC1. The first-order valence-electron chi connectivity index (χ1n) is 12.3. The maximum atomic E-state index is 12.5. The molecule has 1 aliphatic heterocycles. The second-order valence-electron chi connectivity index (χ2n) is 9.05. The average molecular weight is 495 g/mol. The van der Waals surface area contributed by atoms with Gasteiger partial charge in [-0.15, -0.1) is 0 Å². The fourth-order valence-electron chi connectivity index (χ4n) is 4.13. The number of carbonyl (C=O) groups is 1. The number of nitrogens with zero attached hydrogens (tertiary/aromatic N) is 5. The minimum Gasteiger partial charge on any atom is -0.397 e. The van der Waals surface area contributed by atoms with Gasteiger partial charge in [-0.3, -0.25) is 4.79 Å². The van der Waals surface area contributed by atoms with Gasteiger partial charge in [0.2, 0.25) is 5.95 Å². The van der Waals surface area contributed by atoms with Crippen molar-refractivity contribution in [1.29, 1.82) is 0 Å². The van der Waals surface area contributed by atoms with E-state index in [4.69, 9.17) is 5.73 Å². The first-order chi connectivity index (χ1) is 18.0. The van der Waals surface area contributed by atoms with Gasteiger partial charge in [-0.2, -0.15) is 0 Å². The average Bonchev–Trinajstić information content (AvgIpc) is 2.94. The molecule has 1 saturated heterocycles. The Morgan fingerprint density at radius 3 is 2.46 bits per heavy atom. The molecule has 4 aromatic rings. The number of rotatable bonds is 7. The van der Waals surface area contributed by atoms with Crippen LogP contribution < -0.4 is 21.3 Å². The number of nitrogens with two attached hydrogens (primary N) is 1. The Balaban J connectivity index is 1.18. The predicted molar refractivity (Wildman–Crippen MR) is 148 cm³/mol.